The van der Waals surface area contributed by atoms with E-state index in [1.807, 2.05) is 14.0 Å². The molecular weight excluding hydrogens is 256 g/mol. The first-order valence-electron chi connectivity index (χ1n) is 6.78. The highest BCUT2D eigenvalue weighted by molar-refractivity contribution is 8.00. The number of benzene rings is 1. The van der Waals surface area contributed by atoms with E-state index in [0.717, 1.165) is 18.0 Å². The molecule has 106 valence electrons. The fraction of sp³-hybridized carbons (Fsp3) is 0.533. The SMILES string of the molecule is CCNC(C)c1cccc(SCC(=O)N(C)CC)c1. The highest BCUT2D eigenvalue weighted by Gasteiger charge is 2.08. The molecule has 1 amide bonds. The summed E-state index contributed by atoms with van der Waals surface area (Å²) < 4.78 is 0. The minimum atomic E-state index is 0.178. The van der Waals surface area contributed by atoms with Gasteiger partial charge in [-0.25, -0.2) is 0 Å². The summed E-state index contributed by atoms with van der Waals surface area (Å²) in [6.45, 7) is 7.97. The lowest BCUT2D eigenvalue weighted by Gasteiger charge is -2.15. The van der Waals surface area contributed by atoms with Gasteiger partial charge in [-0.3, -0.25) is 4.79 Å². The maximum absolute atomic E-state index is 11.8. The van der Waals surface area contributed by atoms with E-state index in [4.69, 9.17) is 0 Å². The van der Waals surface area contributed by atoms with Gasteiger partial charge < -0.3 is 10.2 Å². The van der Waals surface area contributed by atoms with Crippen molar-refractivity contribution in [2.24, 2.45) is 0 Å². The first-order valence-corrected chi connectivity index (χ1v) is 7.77. The fourth-order valence-corrected chi connectivity index (χ4v) is 2.63. The van der Waals surface area contributed by atoms with Crippen LogP contribution in [0.15, 0.2) is 29.2 Å². The molecule has 0 saturated carbocycles. The van der Waals surface area contributed by atoms with Gasteiger partial charge in [0.1, 0.15) is 0 Å². The van der Waals surface area contributed by atoms with E-state index >= 15 is 0 Å². The Balaban J connectivity index is 2.60. The molecule has 4 heteroatoms. The van der Waals surface area contributed by atoms with Crippen LogP contribution in [0.3, 0.4) is 0 Å². The van der Waals surface area contributed by atoms with Crippen LogP contribution < -0.4 is 5.32 Å². The molecule has 0 aliphatic rings. The van der Waals surface area contributed by atoms with Gasteiger partial charge in [0.05, 0.1) is 5.75 Å². The zero-order chi connectivity index (χ0) is 14.3. The molecule has 1 atom stereocenters. The molecule has 1 rings (SSSR count). The smallest absolute Gasteiger partial charge is 0.232 e. The van der Waals surface area contributed by atoms with Gasteiger partial charge in [-0.05, 0) is 38.1 Å². The average Bonchev–Trinajstić information content (AvgIpc) is 2.44. The molecule has 0 aromatic heterocycles. The minimum absolute atomic E-state index is 0.178. The van der Waals surface area contributed by atoms with E-state index in [2.05, 4.69) is 43.4 Å². The molecule has 0 fully saturated rings. The third-order valence-corrected chi connectivity index (χ3v) is 4.11. The molecule has 3 nitrogen and oxygen atoms in total. The molecule has 0 radical (unpaired) electrons. The standard InChI is InChI=1S/C15H24N2OS/c1-5-16-12(3)13-8-7-9-14(10-13)19-11-15(18)17(4)6-2/h7-10,12,16H,5-6,11H2,1-4H3. The van der Waals surface area contributed by atoms with Crippen LogP contribution in [0, 0.1) is 0 Å². The molecule has 0 saturated heterocycles. The van der Waals surface area contributed by atoms with Crippen molar-refractivity contribution in [3.05, 3.63) is 29.8 Å². The average molecular weight is 280 g/mol. The summed E-state index contributed by atoms with van der Waals surface area (Å²) in [6, 6.07) is 8.75. The van der Waals surface area contributed by atoms with E-state index in [1.165, 1.54) is 5.56 Å². The Hall–Kier alpha value is -1.00. The van der Waals surface area contributed by atoms with Crippen molar-refractivity contribution in [2.75, 3.05) is 25.9 Å². The number of carbonyl (C=O) groups is 1. The van der Waals surface area contributed by atoms with Gasteiger partial charge in [0, 0.05) is 24.5 Å². The lowest BCUT2D eigenvalue weighted by molar-refractivity contribution is -0.126. The van der Waals surface area contributed by atoms with Crippen LogP contribution in [0.25, 0.3) is 0 Å². The van der Waals surface area contributed by atoms with Crippen LogP contribution >= 0.6 is 11.8 Å². The summed E-state index contributed by atoms with van der Waals surface area (Å²) in [5, 5.41) is 3.40. The maximum Gasteiger partial charge on any atom is 0.232 e. The second-order valence-corrected chi connectivity index (χ2v) is 5.60. The number of nitrogens with zero attached hydrogens (tertiary/aromatic N) is 1. The largest absolute Gasteiger partial charge is 0.345 e. The molecule has 0 aliphatic heterocycles. The van der Waals surface area contributed by atoms with Crippen molar-refractivity contribution < 1.29 is 4.79 Å². The van der Waals surface area contributed by atoms with Crippen molar-refractivity contribution in [3.8, 4) is 0 Å². The normalized spacial score (nSPS) is 12.2. The molecule has 1 aromatic rings. The van der Waals surface area contributed by atoms with Crippen LogP contribution in [0.5, 0.6) is 0 Å². The third kappa shape index (κ3) is 5.25. The molecule has 19 heavy (non-hydrogen) atoms. The van der Waals surface area contributed by atoms with Crippen LogP contribution in [0.1, 0.15) is 32.4 Å². The second kappa shape index (κ2) is 8.23. The fourth-order valence-electron chi connectivity index (χ4n) is 1.73. The van der Waals surface area contributed by atoms with Gasteiger partial charge in [0.2, 0.25) is 5.91 Å². The Kier molecular flexibility index (Phi) is 6.95. The third-order valence-electron chi connectivity index (χ3n) is 3.13. The molecule has 0 aliphatic carbocycles. The first-order chi connectivity index (χ1) is 9.08. The summed E-state index contributed by atoms with van der Waals surface area (Å²) in [5.74, 6) is 0.682. The van der Waals surface area contributed by atoms with Gasteiger partial charge in [0.15, 0.2) is 0 Å². The lowest BCUT2D eigenvalue weighted by Crippen LogP contribution is -2.27. The van der Waals surface area contributed by atoms with Crippen LogP contribution in [-0.4, -0.2) is 36.7 Å². The highest BCUT2D eigenvalue weighted by Crippen LogP contribution is 2.22. The first kappa shape index (κ1) is 16.1. The molecule has 0 spiro atoms. The summed E-state index contributed by atoms with van der Waals surface area (Å²) in [4.78, 5) is 14.7. The van der Waals surface area contributed by atoms with Gasteiger partial charge in [0.25, 0.3) is 0 Å². The van der Waals surface area contributed by atoms with E-state index < -0.39 is 0 Å². The number of nitrogens with one attached hydrogen (secondary N) is 1. The van der Waals surface area contributed by atoms with Crippen LogP contribution in [-0.2, 0) is 4.79 Å². The van der Waals surface area contributed by atoms with E-state index in [-0.39, 0.29) is 5.91 Å². The van der Waals surface area contributed by atoms with E-state index in [0.29, 0.717) is 11.8 Å². The molecule has 1 unspecified atom stereocenters. The van der Waals surface area contributed by atoms with Crippen LogP contribution in [0.2, 0.25) is 0 Å². The molecule has 1 N–H and O–H groups in total. The number of amides is 1. The Morgan fingerprint density at radius 1 is 1.42 bits per heavy atom. The van der Waals surface area contributed by atoms with Crippen molar-refractivity contribution in [1.29, 1.82) is 0 Å². The van der Waals surface area contributed by atoms with Gasteiger partial charge in [-0.15, -0.1) is 11.8 Å². The topological polar surface area (TPSA) is 32.3 Å². The van der Waals surface area contributed by atoms with Crippen molar-refractivity contribution in [2.45, 2.75) is 31.7 Å². The van der Waals surface area contributed by atoms with E-state index in [1.54, 1.807) is 16.7 Å². The summed E-state index contributed by atoms with van der Waals surface area (Å²) in [6.07, 6.45) is 0. The number of carbonyl (C=O) groups excluding carboxylic acids is 1. The Morgan fingerprint density at radius 2 is 2.16 bits per heavy atom. The van der Waals surface area contributed by atoms with Gasteiger partial charge in [-0.1, -0.05) is 19.1 Å². The Bertz CT molecular complexity index is 409. The van der Waals surface area contributed by atoms with Gasteiger partial charge in [-0.2, -0.15) is 0 Å². The molecule has 0 heterocycles. The minimum Gasteiger partial charge on any atom is -0.345 e. The Labute approximate surface area is 120 Å². The summed E-state index contributed by atoms with van der Waals surface area (Å²) in [5.41, 5.74) is 1.27. The number of rotatable bonds is 7. The van der Waals surface area contributed by atoms with Crippen LogP contribution in [0.4, 0.5) is 0 Å². The predicted molar refractivity (Wildman–Crippen MR) is 82.6 cm³/mol. The zero-order valence-corrected chi connectivity index (χ0v) is 13.1. The second-order valence-electron chi connectivity index (χ2n) is 4.55. The lowest BCUT2D eigenvalue weighted by atomic mass is 10.1. The Morgan fingerprint density at radius 3 is 2.79 bits per heavy atom. The monoisotopic (exact) mass is 280 g/mol. The molecular formula is C15H24N2OS. The highest BCUT2D eigenvalue weighted by atomic mass is 32.2. The molecule has 1 aromatic carbocycles. The number of thioether (sulfide) groups is 1. The van der Waals surface area contributed by atoms with E-state index in [9.17, 15) is 4.79 Å². The quantitative estimate of drug-likeness (QED) is 0.779. The van der Waals surface area contributed by atoms with Crippen molar-refractivity contribution in [3.63, 3.8) is 0 Å². The summed E-state index contributed by atoms with van der Waals surface area (Å²) >= 11 is 1.60. The molecule has 0 bridgehead atoms. The predicted octanol–water partition coefficient (Wildman–Crippen LogP) is 2.93. The van der Waals surface area contributed by atoms with Crippen molar-refractivity contribution >= 4 is 17.7 Å². The number of hydrogen-bond acceptors (Lipinski definition) is 3. The maximum atomic E-state index is 11.8. The van der Waals surface area contributed by atoms with Crippen molar-refractivity contribution in [1.82, 2.24) is 10.2 Å². The van der Waals surface area contributed by atoms with Gasteiger partial charge >= 0.3 is 0 Å². The zero-order valence-electron chi connectivity index (χ0n) is 12.3. The number of hydrogen-bond donors (Lipinski definition) is 1. The summed E-state index contributed by atoms with van der Waals surface area (Å²) in [7, 11) is 1.84.